The Bertz CT molecular complexity index is 1550. The number of rotatable bonds is 5. The van der Waals surface area contributed by atoms with Crippen molar-refractivity contribution in [3.63, 3.8) is 0 Å². The van der Waals surface area contributed by atoms with Crippen molar-refractivity contribution in [1.82, 2.24) is 23.6 Å². The maximum atomic E-state index is 13.2. The van der Waals surface area contributed by atoms with Gasteiger partial charge in [-0.05, 0) is 37.1 Å². The maximum absolute atomic E-state index is 13.2. The summed E-state index contributed by atoms with van der Waals surface area (Å²) in [4.78, 5) is 46.3. The van der Waals surface area contributed by atoms with E-state index >= 15 is 0 Å². The Hall–Kier alpha value is -3.92. The zero-order chi connectivity index (χ0) is 25.6. The Labute approximate surface area is 208 Å². The number of hydrogen-bond donors (Lipinski definition) is 1. The van der Waals surface area contributed by atoms with Gasteiger partial charge in [-0.25, -0.2) is 9.78 Å². The first-order valence-electron chi connectivity index (χ1n) is 12.1. The monoisotopic (exact) mass is 491 g/mol. The molecule has 4 heterocycles. The van der Waals surface area contributed by atoms with Gasteiger partial charge in [-0.3, -0.25) is 18.7 Å². The molecule has 0 saturated carbocycles. The number of carbonyl (C=O) groups is 1. The van der Waals surface area contributed by atoms with Crippen LogP contribution in [0.25, 0.3) is 11.2 Å². The lowest BCUT2D eigenvalue weighted by molar-refractivity contribution is -0.918. The molecular weight excluding hydrogens is 460 g/mol. The number of fused-ring (bicyclic) bond motifs is 1. The maximum Gasteiger partial charge on any atom is 0.332 e. The molecule has 188 valence electrons. The van der Waals surface area contributed by atoms with Crippen LogP contribution in [0.2, 0.25) is 0 Å². The van der Waals surface area contributed by atoms with Crippen LogP contribution < -0.4 is 16.1 Å². The number of amides is 1. The fraction of sp³-hybridized carbons (Fsp3) is 0.385. The van der Waals surface area contributed by atoms with Gasteiger partial charge in [0.05, 0.1) is 39.0 Å². The molecular formula is C26H31N6O4+. The summed E-state index contributed by atoms with van der Waals surface area (Å²) >= 11 is 0. The lowest BCUT2D eigenvalue weighted by atomic mass is 10.1. The Morgan fingerprint density at radius 1 is 1.08 bits per heavy atom. The average molecular weight is 492 g/mol. The molecule has 1 N–H and O–H groups in total. The molecule has 1 aliphatic heterocycles. The molecule has 4 aromatic rings. The fourth-order valence-electron chi connectivity index (χ4n) is 4.92. The number of quaternary nitrogens is 1. The number of nitrogens with zero attached hydrogens (tertiary/aromatic N) is 5. The third-order valence-electron chi connectivity index (χ3n) is 7.16. The second-order valence-corrected chi connectivity index (χ2v) is 9.62. The molecule has 0 radical (unpaired) electrons. The van der Waals surface area contributed by atoms with E-state index in [0.717, 1.165) is 40.2 Å². The van der Waals surface area contributed by atoms with Crippen LogP contribution >= 0.6 is 0 Å². The van der Waals surface area contributed by atoms with Gasteiger partial charge in [0.2, 0.25) is 0 Å². The predicted molar refractivity (Wildman–Crippen MR) is 134 cm³/mol. The minimum atomic E-state index is -0.396. The van der Waals surface area contributed by atoms with Crippen molar-refractivity contribution >= 4 is 17.1 Å². The van der Waals surface area contributed by atoms with Crippen LogP contribution in [0.1, 0.15) is 33.1 Å². The Morgan fingerprint density at radius 2 is 1.83 bits per heavy atom. The lowest BCUT2D eigenvalue weighted by Crippen LogP contribution is -3.13. The van der Waals surface area contributed by atoms with Crippen molar-refractivity contribution in [1.29, 1.82) is 0 Å². The highest BCUT2D eigenvalue weighted by atomic mass is 16.3. The van der Waals surface area contributed by atoms with E-state index in [9.17, 15) is 14.4 Å². The summed E-state index contributed by atoms with van der Waals surface area (Å²) in [5.74, 6) is 1.01. The molecule has 0 unspecified atom stereocenters. The normalized spacial score (nSPS) is 14.6. The smallest absolute Gasteiger partial charge is 0.332 e. The molecule has 0 spiro atoms. The van der Waals surface area contributed by atoms with Gasteiger partial charge < -0.3 is 18.8 Å². The Kier molecular flexibility index (Phi) is 6.13. The zero-order valence-corrected chi connectivity index (χ0v) is 21.1. The van der Waals surface area contributed by atoms with Gasteiger partial charge in [0.15, 0.2) is 22.7 Å². The number of benzene rings is 1. The minimum Gasteiger partial charge on any atom is -0.459 e. The first-order chi connectivity index (χ1) is 17.2. The number of aromatic nitrogens is 4. The van der Waals surface area contributed by atoms with Crippen molar-refractivity contribution in [2.45, 2.75) is 26.9 Å². The SMILES string of the molecule is Cc1ccc(C)c(Cn2c(C[NH+]3CCN(C(=O)c4ccco4)CC3)nc3c2c(=O)n(C)c(=O)n3C)c1. The third kappa shape index (κ3) is 4.17. The Morgan fingerprint density at radius 3 is 2.53 bits per heavy atom. The van der Waals surface area contributed by atoms with Crippen LogP contribution in [-0.2, 0) is 27.2 Å². The highest BCUT2D eigenvalue weighted by Crippen LogP contribution is 2.17. The number of nitrogens with one attached hydrogen (secondary N) is 1. The summed E-state index contributed by atoms with van der Waals surface area (Å²) in [6.45, 7) is 7.88. The van der Waals surface area contributed by atoms with Crippen molar-refractivity contribution < 1.29 is 14.1 Å². The molecule has 3 aromatic heterocycles. The molecule has 1 aliphatic rings. The van der Waals surface area contributed by atoms with Crippen molar-refractivity contribution in [2.24, 2.45) is 14.1 Å². The number of piperazine rings is 1. The summed E-state index contributed by atoms with van der Waals surface area (Å²) in [7, 11) is 3.15. The molecule has 1 saturated heterocycles. The molecule has 1 amide bonds. The summed E-state index contributed by atoms with van der Waals surface area (Å²) in [6, 6.07) is 9.68. The number of aryl methyl sites for hydroxylation is 3. The van der Waals surface area contributed by atoms with E-state index < -0.39 is 5.69 Å². The van der Waals surface area contributed by atoms with E-state index in [2.05, 4.69) is 25.1 Å². The first kappa shape index (κ1) is 23.8. The third-order valence-corrected chi connectivity index (χ3v) is 7.16. The lowest BCUT2D eigenvalue weighted by Gasteiger charge is -2.31. The van der Waals surface area contributed by atoms with E-state index in [4.69, 9.17) is 9.40 Å². The van der Waals surface area contributed by atoms with Crippen LogP contribution in [0.3, 0.4) is 0 Å². The van der Waals surface area contributed by atoms with E-state index in [0.29, 0.717) is 43.1 Å². The molecule has 1 fully saturated rings. The second-order valence-electron chi connectivity index (χ2n) is 9.62. The standard InChI is InChI=1S/C26H30N6O4/c1-17-7-8-18(2)19(14-17)15-32-21(27-23-22(32)25(34)29(4)26(35)28(23)3)16-30-9-11-31(12-10-30)24(33)20-6-5-13-36-20/h5-8,13-14H,9-12,15-16H2,1-4H3/p+1. The van der Waals surface area contributed by atoms with E-state index in [1.54, 1.807) is 24.1 Å². The quantitative estimate of drug-likeness (QED) is 0.431. The highest BCUT2D eigenvalue weighted by molar-refractivity contribution is 5.91. The molecule has 5 rings (SSSR count). The Balaban J connectivity index is 1.48. The van der Waals surface area contributed by atoms with Crippen LogP contribution in [-0.4, -0.2) is 55.7 Å². The van der Waals surface area contributed by atoms with Crippen LogP contribution in [0.15, 0.2) is 50.6 Å². The first-order valence-corrected chi connectivity index (χ1v) is 12.1. The van der Waals surface area contributed by atoms with Gasteiger partial charge in [0.25, 0.3) is 11.5 Å². The summed E-state index contributed by atoms with van der Waals surface area (Å²) in [6.07, 6.45) is 1.51. The van der Waals surface area contributed by atoms with Gasteiger partial charge in [-0.2, -0.15) is 0 Å². The van der Waals surface area contributed by atoms with Gasteiger partial charge in [0.1, 0.15) is 6.54 Å². The van der Waals surface area contributed by atoms with E-state index in [-0.39, 0.29) is 11.5 Å². The number of furan rings is 1. The number of imidazole rings is 1. The summed E-state index contributed by atoms with van der Waals surface area (Å²) < 4.78 is 9.81. The molecule has 0 bridgehead atoms. The van der Waals surface area contributed by atoms with E-state index in [1.165, 1.54) is 22.8 Å². The van der Waals surface area contributed by atoms with Gasteiger partial charge >= 0.3 is 5.69 Å². The average Bonchev–Trinajstić information content (AvgIpc) is 3.53. The summed E-state index contributed by atoms with van der Waals surface area (Å²) in [5.41, 5.74) is 3.47. The van der Waals surface area contributed by atoms with Crippen molar-refractivity contribution in [3.05, 3.63) is 85.7 Å². The van der Waals surface area contributed by atoms with Crippen LogP contribution in [0, 0.1) is 13.8 Å². The molecule has 0 atom stereocenters. The van der Waals surface area contributed by atoms with Crippen molar-refractivity contribution in [2.75, 3.05) is 26.2 Å². The van der Waals surface area contributed by atoms with E-state index in [1.807, 2.05) is 11.5 Å². The van der Waals surface area contributed by atoms with Gasteiger partial charge in [-0.1, -0.05) is 23.8 Å². The molecule has 10 heteroatoms. The number of carbonyl (C=O) groups excluding carboxylic acids is 1. The zero-order valence-electron chi connectivity index (χ0n) is 21.1. The second kappa shape index (κ2) is 9.27. The topological polar surface area (TPSA) is 99.7 Å². The largest absolute Gasteiger partial charge is 0.459 e. The van der Waals surface area contributed by atoms with Gasteiger partial charge in [0, 0.05) is 14.1 Å². The fourth-order valence-corrected chi connectivity index (χ4v) is 4.92. The van der Waals surface area contributed by atoms with Gasteiger partial charge in [-0.15, -0.1) is 0 Å². The van der Waals surface area contributed by atoms with Crippen LogP contribution in [0.5, 0.6) is 0 Å². The van der Waals surface area contributed by atoms with Crippen LogP contribution in [0.4, 0.5) is 0 Å². The molecule has 36 heavy (non-hydrogen) atoms. The van der Waals surface area contributed by atoms with Crippen molar-refractivity contribution in [3.8, 4) is 0 Å². The predicted octanol–water partition coefficient (Wildman–Crippen LogP) is 0.233. The molecule has 0 aliphatic carbocycles. The molecule has 10 nitrogen and oxygen atoms in total. The number of hydrogen-bond acceptors (Lipinski definition) is 5. The minimum absolute atomic E-state index is 0.0975. The molecule has 1 aromatic carbocycles. The summed E-state index contributed by atoms with van der Waals surface area (Å²) in [5, 5.41) is 0. The highest BCUT2D eigenvalue weighted by Gasteiger charge is 2.28.